The summed E-state index contributed by atoms with van der Waals surface area (Å²) in [4.78, 5) is 29.7. The summed E-state index contributed by atoms with van der Waals surface area (Å²) in [5.41, 5.74) is 1.40. The average molecular weight is 560 g/mol. The van der Waals surface area contributed by atoms with Gasteiger partial charge in [0.05, 0.1) is 19.4 Å². The Bertz CT molecular complexity index is 1580. The highest BCUT2D eigenvalue weighted by Crippen LogP contribution is 2.32. The van der Waals surface area contributed by atoms with E-state index in [0.717, 1.165) is 86.9 Å². The predicted octanol–water partition coefficient (Wildman–Crippen LogP) is 3.67. The van der Waals surface area contributed by atoms with Crippen LogP contribution in [0.3, 0.4) is 0 Å². The maximum absolute atomic E-state index is 13.0. The Morgan fingerprint density at radius 2 is 1.71 bits per heavy atom. The van der Waals surface area contributed by atoms with Crippen molar-refractivity contribution in [3.63, 3.8) is 0 Å². The molecule has 0 bridgehead atoms. The molecule has 0 radical (unpaired) electrons. The van der Waals surface area contributed by atoms with Gasteiger partial charge in [-0.05, 0) is 56.0 Å². The topological polar surface area (TPSA) is 109 Å². The Morgan fingerprint density at radius 1 is 0.951 bits per heavy atom. The van der Waals surface area contributed by atoms with E-state index in [1.165, 1.54) is 0 Å². The number of aromatic nitrogens is 5. The van der Waals surface area contributed by atoms with Crippen LogP contribution in [0.1, 0.15) is 44.6 Å². The number of rotatable bonds is 6. The van der Waals surface area contributed by atoms with Crippen molar-refractivity contribution in [3.05, 3.63) is 47.0 Å². The monoisotopic (exact) mass is 559 g/mol. The smallest absolute Gasteiger partial charge is 0.330 e. The Morgan fingerprint density at radius 3 is 2.51 bits per heavy atom. The predicted molar refractivity (Wildman–Crippen MR) is 157 cm³/mol. The summed E-state index contributed by atoms with van der Waals surface area (Å²) in [6.07, 6.45) is 7.19. The summed E-state index contributed by atoms with van der Waals surface area (Å²) in [7, 11) is 1.78. The standard InChI is InChI=1S/C30H37N7O4/c1-35-25-19-31-29(34-27(25)37(30(35)38)22-10-14-39-15-11-22)32-21-6-8-23(9-7-21)41-28-24-5-3-2-4-20(24)18-26(33-28)36-12-16-40-17-13-36/h2-5,18-19,21-23H,6-17H2,1H3,(H,31,32,34). The molecule has 7 rings (SSSR count). The Labute approximate surface area is 238 Å². The van der Waals surface area contributed by atoms with Gasteiger partial charge in [0.15, 0.2) is 5.65 Å². The van der Waals surface area contributed by atoms with Gasteiger partial charge in [-0.3, -0.25) is 9.13 Å². The number of benzene rings is 1. The molecule has 2 saturated heterocycles. The van der Waals surface area contributed by atoms with E-state index in [2.05, 4.69) is 39.5 Å². The van der Waals surface area contributed by atoms with E-state index >= 15 is 0 Å². The molecule has 1 saturated carbocycles. The molecule has 41 heavy (non-hydrogen) atoms. The van der Waals surface area contributed by atoms with Gasteiger partial charge in [0.25, 0.3) is 0 Å². The first-order chi connectivity index (χ1) is 20.1. The number of nitrogens with zero attached hydrogens (tertiary/aromatic N) is 6. The summed E-state index contributed by atoms with van der Waals surface area (Å²) >= 11 is 0. The second kappa shape index (κ2) is 11.3. The number of imidazole rings is 1. The lowest BCUT2D eigenvalue weighted by atomic mass is 9.93. The Balaban J connectivity index is 1.04. The fourth-order valence-electron chi connectivity index (χ4n) is 6.34. The zero-order chi connectivity index (χ0) is 27.8. The van der Waals surface area contributed by atoms with Crippen molar-refractivity contribution in [1.29, 1.82) is 0 Å². The molecule has 0 unspecified atom stereocenters. The van der Waals surface area contributed by atoms with E-state index in [-0.39, 0.29) is 23.9 Å². The lowest BCUT2D eigenvalue weighted by Gasteiger charge is -2.31. The number of hydrogen-bond acceptors (Lipinski definition) is 9. The number of ether oxygens (including phenoxy) is 3. The van der Waals surface area contributed by atoms with Crippen molar-refractivity contribution in [1.82, 2.24) is 24.1 Å². The SMILES string of the molecule is Cn1c(=O)n(C2CCOCC2)c2nc(NC3CCC(Oc4nc(N5CCOCC5)cc5ccccc45)CC3)ncc21. The molecule has 11 heteroatoms. The molecule has 3 aliphatic rings. The number of aryl methyl sites for hydroxylation is 1. The van der Waals surface area contributed by atoms with Crippen LogP contribution >= 0.6 is 0 Å². The molecule has 4 aromatic rings. The number of morpholine rings is 1. The van der Waals surface area contributed by atoms with Crippen molar-refractivity contribution in [2.24, 2.45) is 7.05 Å². The van der Waals surface area contributed by atoms with Gasteiger partial charge in [-0.25, -0.2) is 9.78 Å². The van der Waals surface area contributed by atoms with Crippen LogP contribution in [0.4, 0.5) is 11.8 Å². The van der Waals surface area contributed by atoms with Crippen LogP contribution in [0.2, 0.25) is 0 Å². The highest BCUT2D eigenvalue weighted by Gasteiger charge is 2.27. The van der Waals surface area contributed by atoms with Crippen LogP contribution in [0.5, 0.6) is 5.88 Å². The fourth-order valence-corrected chi connectivity index (χ4v) is 6.34. The summed E-state index contributed by atoms with van der Waals surface area (Å²) in [5.74, 6) is 2.23. The lowest BCUT2D eigenvalue weighted by Crippen LogP contribution is -2.37. The molecule has 0 atom stereocenters. The van der Waals surface area contributed by atoms with Gasteiger partial charge in [-0.15, -0.1) is 0 Å². The minimum Gasteiger partial charge on any atom is -0.474 e. The molecule has 0 amide bonds. The maximum atomic E-state index is 13.0. The van der Waals surface area contributed by atoms with Crippen LogP contribution in [-0.4, -0.2) is 75.7 Å². The summed E-state index contributed by atoms with van der Waals surface area (Å²) < 4.78 is 21.1. The largest absolute Gasteiger partial charge is 0.474 e. The molecule has 11 nitrogen and oxygen atoms in total. The molecule has 3 fully saturated rings. The minimum atomic E-state index is -0.0465. The van der Waals surface area contributed by atoms with Gasteiger partial charge in [0.1, 0.15) is 17.4 Å². The zero-order valence-corrected chi connectivity index (χ0v) is 23.5. The van der Waals surface area contributed by atoms with Crippen molar-refractivity contribution in [3.8, 4) is 5.88 Å². The van der Waals surface area contributed by atoms with Gasteiger partial charge in [0.2, 0.25) is 11.8 Å². The van der Waals surface area contributed by atoms with E-state index in [4.69, 9.17) is 24.2 Å². The zero-order valence-electron chi connectivity index (χ0n) is 23.5. The second-order valence-electron chi connectivity index (χ2n) is 11.3. The molecule has 1 N–H and O–H groups in total. The molecule has 3 aromatic heterocycles. The first-order valence-electron chi connectivity index (χ1n) is 14.8. The highest BCUT2D eigenvalue weighted by molar-refractivity contribution is 5.89. The van der Waals surface area contributed by atoms with Crippen LogP contribution in [0, 0.1) is 0 Å². The Hall–Kier alpha value is -3.70. The van der Waals surface area contributed by atoms with Gasteiger partial charge in [-0.1, -0.05) is 18.2 Å². The van der Waals surface area contributed by atoms with E-state index < -0.39 is 0 Å². The molecule has 2 aliphatic heterocycles. The minimum absolute atomic E-state index is 0.0465. The van der Waals surface area contributed by atoms with E-state index in [1.807, 2.05) is 10.6 Å². The van der Waals surface area contributed by atoms with Crippen LogP contribution in [0.25, 0.3) is 21.9 Å². The van der Waals surface area contributed by atoms with Gasteiger partial charge < -0.3 is 24.4 Å². The third-order valence-corrected chi connectivity index (χ3v) is 8.70. The van der Waals surface area contributed by atoms with E-state index in [9.17, 15) is 4.79 Å². The number of pyridine rings is 1. The van der Waals surface area contributed by atoms with Gasteiger partial charge >= 0.3 is 5.69 Å². The molecule has 0 spiro atoms. The maximum Gasteiger partial charge on any atom is 0.330 e. The molecule has 1 aliphatic carbocycles. The van der Waals surface area contributed by atoms with Crippen molar-refractivity contribution < 1.29 is 14.2 Å². The van der Waals surface area contributed by atoms with Gasteiger partial charge in [-0.2, -0.15) is 9.97 Å². The highest BCUT2D eigenvalue weighted by atomic mass is 16.5. The van der Waals surface area contributed by atoms with Gasteiger partial charge in [0, 0.05) is 50.8 Å². The lowest BCUT2D eigenvalue weighted by molar-refractivity contribution is 0.0695. The summed E-state index contributed by atoms with van der Waals surface area (Å²) in [6, 6.07) is 10.8. The van der Waals surface area contributed by atoms with Crippen molar-refractivity contribution in [2.45, 2.75) is 56.7 Å². The first kappa shape index (κ1) is 26.2. The van der Waals surface area contributed by atoms with E-state index in [1.54, 1.807) is 17.8 Å². The quantitative estimate of drug-likeness (QED) is 0.379. The molecule has 216 valence electrons. The van der Waals surface area contributed by atoms with Crippen LogP contribution in [0.15, 0.2) is 41.3 Å². The number of hydrogen-bond donors (Lipinski definition) is 1. The van der Waals surface area contributed by atoms with Crippen molar-refractivity contribution in [2.75, 3.05) is 49.7 Å². The van der Waals surface area contributed by atoms with Crippen LogP contribution < -0.4 is 20.6 Å². The molecular weight excluding hydrogens is 522 g/mol. The van der Waals surface area contributed by atoms with E-state index in [0.29, 0.717) is 30.7 Å². The first-order valence-corrected chi connectivity index (χ1v) is 14.8. The Kier molecular flexibility index (Phi) is 7.22. The number of nitrogens with one attached hydrogen (secondary N) is 1. The molecular formula is C30H37N7O4. The summed E-state index contributed by atoms with van der Waals surface area (Å²) in [5, 5.41) is 5.72. The summed E-state index contributed by atoms with van der Waals surface area (Å²) in [6.45, 7) is 4.44. The third-order valence-electron chi connectivity index (χ3n) is 8.70. The van der Waals surface area contributed by atoms with Crippen molar-refractivity contribution >= 4 is 33.7 Å². The second-order valence-corrected chi connectivity index (χ2v) is 11.3. The molecule has 1 aromatic carbocycles. The average Bonchev–Trinajstić information content (AvgIpc) is 3.27. The number of anilines is 2. The molecule has 5 heterocycles. The van der Waals surface area contributed by atoms with Crippen LogP contribution in [-0.2, 0) is 16.5 Å². The number of fused-ring (bicyclic) bond motifs is 2. The normalized spacial score (nSPS) is 22.3. The fraction of sp³-hybridized carbons (Fsp3) is 0.533. The third kappa shape index (κ3) is 5.24.